The van der Waals surface area contributed by atoms with Crippen LogP contribution >= 0.6 is 0 Å². The zero-order chi connectivity index (χ0) is 21.5. The van der Waals surface area contributed by atoms with E-state index in [4.69, 9.17) is 9.47 Å². The van der Waals surface area contributed by atoms with Crippen LogP contribution in [0.25, 0.3) is 0 Å². The van der Waals surface area contributed by atoms with Gasteiger partial charge in [0, 0.05) is 38.4 Å². The Morgan fingerprint density at radius 2 is 1.83 bits per heavy atom. The highest BCUT2D eigenvalue weighted by atomic mass is 32.2. The summed E-state index contributed by atoms with van der Waals surface area (Å²) in [6, 6.07) is 0.0724. The summed E-state index contributed by atoms with van der Waals surface area (Å²) in [7, 11) is -3.17. The van der Waals surface area contributed by atoms with Gasteiger partial charge in [0.2, 0.25) is 16.0 Å². The average molecular weight is 440 g/mol. The summed E-state index contributed by atoms with van der Waals surface area (Å²) in [5.74, 6) is 1.27. The van der Waals surface area contributed by atoms with Crippen LogP contribution in [-0.4, -0.2) is 78.8 Å². The molecule has 1 N–H and O–H groups in total. The topological polar surface area (TPSA) is 114 Å². The van der Waals surface area contributed by atoms with Gasteiger partial charge in [-0.25, -0.2) is 17.7 Å². The molecule has 0 spiro atoms. The Hall–Kier alpha value is -1.98. The van der Waals surface area contributed by atoms with Crippen LogP contribution in [0.15, 0.2) is 6.20 Å². The molecule has 3 aliphatic rings. The van der Waals surface area contributed by atoms with Gasteiger partial charge in [0.15, 0.2) is 17.2 Å². The fraction of sp³-hybridized carbons (Fsp3) is 0.737. The van der Waals surface area contributed by atoms with E-state index < -0.39 is 15.6 Å². The van der Waals surface area contributed by atoms with Gasteiger partial charge in [-0.3, -0.25) is 9.69 Å². The molecule has 0 aliphatic carbocycles. The molecule has 2 saturated heterocycles. The van der Waals surface area contributed by atoms with E-state index in [1.54, 1.807) is 24.9 Å². The highest BCUT2D eigenvalue weighted by Crippen LogP contribution is 2.39. The van der Waals surface area contributed by atoms with Crippen molar-refractivity contribution in [1.29, 1.82) is 0 Å². The third-order valence-electron chi connectivity index (χ3n) is 5.88. The van der Waals surface area contributed by atoms with Gasteiger partial charge in [-0.05, 0) is 39.5 Å². The lowest BCUT2D eigenvalue weighted by atomic mass is 10.00. The maximum atomic E-state index is 13.2. The number of ether oxygens (including phenoxy) is 2. The van der Waals surface area contributed by atoms with E-state index in [9.17, 15) is 13.2 Å². The molecular weight excluding hydrogens is 410 g/mol. The van der Waals surface area contributed by atoms with Gasteiger partial charge < -0.3 is 14.8 Å². The Morgan fingerprint density at radius 3 is 2.47 bits per heavy atom. The molecule has 0 saturated carbocycles. The largest absolute Gasteiger partial charge is 0.472 e. The van der Waals surface area contributed by atoms with Gasteiger partial charge in [0.05, 0.1) is 12.5 Å². The molecule has 2 fully saturated rings. The van der Waals surface area contributed by atoms with Crippen LogP contribution in [0.2, 0.25) is 0 Å². The van der Waals surface area contributed by atoms with Crippen LogP contribution in [0.3, 0.4) is 0 Å². The minimum absolute atomic E-state index is 0.00826. The Bertz CT molecular complexity index is 908. The molecule has 0 unspecified atom stereocenters. The van der Waals surface area contributed by atoms with Crippen molar-refractivity contribution in [3.63, 3.8) is 0 Å². The van der Waals surface area contributed by atoms with E-state index in [2.05, 4.69) is 15.3 Å². The first-order chi connectivity index (χ1) is 14.1. The maximum Gasteiger partial charge on any atom is 0.272 e. The molecule has 4 heterocycles. The normalized spacial score (nSPS) is 23.7. The third-order valence-corrected chi connectivity index (χ3v) is 7.18. The Morgan fingerprint density at radius 1 is 1.17 bits per heavy atom. The number of nitrogens with zero attached hydrogens (tertiary/aromatic N) is 4. The van der Waals surface area contributed by atoms with Crippen molar-refractivity contribution in [3.8, 4) is 5.75 Å². The molecule has 0 atom stereocenters. The first-order valence-corrected chi connectivity index (χ1v) is 12.2. The lowest BCUT2D eigenvalue weighted by Crippen LogP contribution is -2.57. The molecule has 1 aromatic rings. The number of sulfonamides is 1. The van der Waals surface area contributed by atoms with Crippen LogP contribution in [0.5, 0.6) is 5.75 Å². The van der Waals surface area contributed by atoms with Crippen molar-refractivity contribution < 1.29 is 22.7 Å². The summed E-state index contributed by atoms with van der Waals surface area (Å²) >= 11 is 0. The van der Waals surface area contributed by atoms with Gasteiger partial charge in [-0.15, -0.1) is 0 Å². The Kier molecular flexibility index (Phi) is 5.62. The molecule has 3 aliphatic heterocycles. The number of carbonyl (C=O) groups is 1. The molecule has 11 heteroatoms. The first kappa shape index (κ1) is 21.3. The highest BCUT2D eigenvalue weighted by Gasteiger charge is 2.45. The smallest absolute Gasteiger partial charge is 0.272 e. The number of rotatable bonds is 4. The fourth-order valence-electron chi connectivity index (χ4n) is 4.18. The summed E-state index contributed by atoms with van der Waals surface area (Å²) in [5.41, 5.74) is -0.984. The van der Waals surface area contributed by atoms with E-state index in [1.807, 2.05) is 0 Å². The predicted molar refractivity (Wildman–Crippen MR) is 111 cm³/mol. The molecular formula is C19H29N5O5S. The predicted octanol–water partition coefficient (Wildman–Crippen LogP) is 0.996. The number of piperidine rings is 1. The van der Waals surface area contributed by atoms with Gasteiger partial charge in [0.1, 0.15) is 0 Å². The van der Waals surface area contributed by atoms with E-state index in [-0.39, 0.29) is 18.0 Å². The molecule has 0 radical (unpaired) electrons. The summed E-state index contributed by atoms with van der Waals surface area (Å²) in [6.07, 6.45) is 5.67. The quantitative estimate of drug-likeness (QED) is 0.739. The van der Waals surface area contributed by atoms with Crippen molar-refractivity contribution in [2.45, 2.75) is 57.2 Å². The van der Waals surface area contributed by atoms with Crippen molar-refractivity contribution >= 4 is 27.7 Å². The van der Waals surface area contributed by atoms with Gasteiger partial charge in [-0.2, -0.15) is 4.98 Å². The second-order valence-corrected chi connectivity index (χ2v) is 10.6. The number of carbonyl (C=O) groups excluding carboxylic acids is 1. The molecule has 30 heavy (non-hydrogen) atoms. The van der Waals surface area contributed by atoms with Crippen LogP contribution in [0.4, 0.5) is 11.8 Å². The minimum atomic E-state index is -3.17. The van der Waals surface area contributed by atoms with Crippen LogP contribution in [-0.2, 0) is 19.6 Å². The van der Waals surface area contributed by atoms with E-state index in [0.717, 1.165) is 12.8 Å². The number of amides is 1. The monoisotopic (exact) mass is 439 g/mol. The van der Waals surface area contributed by atoms with Crippen molar-refractivity contribution in [3.05, 3.63) is 6.20 Å². The van der Waals surface area contributed by atoms with Gasteiger partial charge >= 0.3 is 0 Å². The van der Waals surface area contributed by atoms with Crippen LogP contribution in [0, 0.1) is 0 Å². The maximum absolute atomic E-state index is 13.2. The SMILES string of the molecule is CC1(C)Oc2cnc(NC3CCN(S(C)(=O)=O)CC3)nc2N(C2CCOCC2)C1=O. The summed E-state index contributed by atoms with van der Waals surface area (Å²) in [5, 5.41) is 3.30. The minimum Gasteiger partial charge on any atom is -0.472 e. The van der Waals surface area contributed by atoms with Crippen LogP contribution in [0.1, 0.15) is 39.5 Å². The summed E-state index contributed by atoms with van der Waals surface area (Å²) in [6.45, 7) is 5.66. The zero-order valence-electron chi connectivity index (χ0n) is 17.6. The number of hydrogen-bond acceptors (Lipinski definition) is 8. The molecule has 4 rings (SSSR count). The number of hydrogen-bond donors (Lipinski definition) is 1. The average Bonchev–Trinajstić information content (AvgIpc) is 2.70. The Labute approximate surface area is 177 Å². The van der Waals surface area contributed by atoms with E-state index in [0.29, 0.717) is 56.7 Å². The summed E-state index contributed by atoms with van der Waals surface area (Å²) in [4.78, 5) is 23.9. The molecule has 0 aromatic carbocycles. The second kappa shape index (κ2) is 7.93. The second-order valence-electron chi connectivity index (χ2n) is 8.59. The standard InChI is InChI=1S/C19H29N5O5S/c1-19(2)17(25)24(14-6-10-28-11-7-14)16-15(29-19)12-20-18(22-16)21-13-4-8-23(9-5-13)30(3,26)27/h12-14H,4-11H2,1-3H3,(H,20,21,22). The van der Waals surface area contributed by atoms with E-state index >= 15 is 0 Å². The first-order valence-electron chi connectivity index (χ1n) is 10.3. The molecule has 0 bridgehead atoms. The highest BCUT2D eigenvalue weighted by molar-refractivity contribution is 7.88. The number of anilines is 2. The summed E-state index contributed by atoms with van der Waals surface area (Å²) < 4.78 is 36.3. The molecule has 1 amide bonds. The molecule has 166 valence electrons. The van der Waals surface area contributed by atoms with Gasteiger partial charge in [0.25, 0.3) is 5.91 Å². The molecule has 10 nitrogen and oxygen atoms in total. The zero-order valence-corrected chi connectivity index (χ0v) is 18.4. The van der Waals surface area contributed by atoms with Crippen molar-refractivity contribution in [2.24, 2.45) is 0 Å². The fourth-order valence-corrected chi connectivity index (χ4v) is 5.05. The number of nitrogens with one attached hydrogen (secondary N) is 1. The number of aromatic nitrogens is 2. The van der Waals surface area contributed by atoms with Gasteiger partial charge in [-0.1, -0.05) is 0 Å². The molecule has 1 aromatic heterocycles. The third kappa shape index (κ3) is 4.23. The lowest BCUT2D eigenvalue weighted by molar-refractivity contribution is -0.133. The van der Waals surface area contributed by atoms with Crippen LogP contribution < -0.4 is 15.0 Å². The van der Waals surface area contributed by atoms with Crippen molar-refractivity contribution in [2.75, 3.05) is 42.8 Å². The Balaban J connectivity index is 1.54. The van der Waals surface area contributed by atoms with E-state index in [1.165, 1.54) is 10.6 Å². The lowest BCUT2D eigenvalue weighted by Gasteiger charge is -2.42. The number of fused-ring (bicyclic) bond motifs is 1. The van der Waals surface area contributed by atoms with Crippen molar-refractivity contribution in [1.82, 2.24) is 14.3 Å².